The average molecular weight is 403 g/mol. The van der Waals surface area contributed by atoms with Crippen LogP contribution >= 0.6 is 0 Å². The molecule has 2 saturated heterocycles. The Morgan fingerprint density at radius 3 is 2.43 bits per heavy atom. The van der Waals surface area contributed by atoms with Crippen LogP contribution in [0.5, 0.6) is 0 Å². The van der Waals surface area contributed by atoms with Crippen molar-refractivity contribution in [3.05, 3.63) is 60.6 Å². The first-order chi connectivity index (χ1) is 14.8. The lowest BCUT2D eigenvalue weighted by Crippen LogP contribution is -2.53. The van der Waals surface area contributed by atoms with Gasteiger partial charge in [0.25, 0.3) is 5.91 Å². The number of anilines is 2. The van der Waals surface area contributed by atoms with E-state index >= 15 is 0 Å². The van der Waals surface area contributed by atoms with Crippen LogP contribution < -0.4 is 10.2 Å². The molecule has 0 atom stereocenters. The van der Waals surface area contributed by atoms with Crippen molar-refractivity contribution in [3.8, 4) is 0 Å². The number of nitrogens with one attached hydrogen (secondary N) is 1. The molecule has 1 N–H and O–H groups in total. The Labute approximate surface area is 176 Å². The number of rotatable bonds is 4. The minimum absolute atomic E-state index is 0.217. The smallest absolute Gasteiger partial charge is 0.274 e. The normalized spacial score (nSPS) is 18.1. The van der Waals surface area contributed by atoms with Crippen LogP contribution in [0.2, 0.25) is 0 Å². The Morgan fingerprint density at radius 2 is 1.60 bits per heavy atom. The molecule has 0 bridgehead atoms. The predicted octanol–water partition coefficient (Wildman–Crippen LogP) is 3.01. The lowest BCUT2D eigenvalue weighted by molar-refractivity contribution is -0.00758. The number of piperazine rings is 1. The number of para-hydroxylation sites is 1. The molecule has 2 aromatic heterocycles. The van der Waals surface area contributed by atoms with Crippen LogP contribution in [-0.2, 0) is 0 Å². The van der Waals surface area contributed by atoms with Gasteiger partial charge in [-0.3, -0.25) is 14.8 Å². The van der Waals surface area contributed by atoms with E-state index in [2.05, 4.69) is 30.2 Å². The van der Waals surface area contributed by atoms with Crippen molar-refractivity contribution in [2.45, 2.75) is 12.8 Å². The minimum Gasteiger partial charge on any atom is -0.369 e. The van der Waals surface area contributed by atoms with Crippen molar-refractivity contribution in [1.82, 2.24) is 20.0 Å². The summed E-state index contributed by atoms with van der Waals surface area (Å²) in [5.41, 5.74) is 2.95. The monoisotopic (exact) mass is 402 g/mol. The molecule has 7 nitrogen and oxygen atoms in total. The predicted molar refractivity (Wildman–Crippen MR) is 119 cm³/mol. The maximum absolute atomic E-state index is 12.9. The molecule has 2 aliphatic rings. The maximum Gasteiger partial charge on any atom is 0.274 e. The number of pyridine rings is 2. The number of nitrogens with zero attached hydrogens (tertiary/aromatic N) is 5. The van der Waals surface area contributed by atoms with Gasteiger partial charge in [0.2, 0.25) is 0 Å². The Kier molecular flexibility index (Phi) is 5.29. The Balaban J connectivity index is 1.28. The highest BCUT2D eigenvalue weighted by Crippen LogP contribution is 2.23. The van der Waals surface area contributed by atoms with Crippen LogP contribution in [0.4, 0.5) is 11.4 Å². The second kappa shape index (κ2) is 8.38. The van der Waals surface area contributed by atoms with Gasteiger partial charge in [0, 0.05) is 62.7 Å². The van der Waals surface area contributed by atoms with E-state index in [-0.39, 0.29) is 5.91 Å². The number of hydrogen-bond donors (Lipinski definition) is 1. The third-order valence-electron chi connectivity index (χ3n) is 5.96. The molecular weight excluding hydrogens is 376 g/mol. The Bertz CT molecular complexity index is 1040. The molecule has 154 valence electrons. The van der Waals surface area contributed by atoms with Crippen molar-refractivity contribution in [2.24, 2.45) is 0 Å². The van der Waals surface area contributed by atoms with Crippen LogP contribution in [0, 0.1) is 0 Å². The molecular formula is C23H26N6O. The number of carbonyl (C=O) groups excluding carboxylic acids is 1. The largest absolute Gasteiger partial charge is 0.369 e. The summed E-state index contributed by atoms with van der Waals surface area (Å²) in [7, 11) is 0. The zero-order valence-corrected chi connectivity index (χ0v) is 17.0. The van der Waals surface area contributed by atoms with Crippen molar-refractivity contribution in [1.29, 1.82) is 0 Å². The summed E-state index contributed by atoms with van der Waals surface area (Å²) in [5.74, 6) is -0.217. The third kappa shape index (κ3) is 3.86. The molecule has 4 heterocycles. The number of hydrazine groups is 1. The fourth-order valence-corrected chi connectivity index (χ4v) is 4.35. The molecule has 0 spiro atoms. The van der Waals surface area contributed by atoms with Crippen LogP contribution in [0.3, 0.4) is 0 Å². The number of aromatic nitrogens is 2. The van der Waals surface area contributed by atoms with Gasteiger partial charge in [-0.1, -0.05) is 18.2 Å². The number of carbonyl (C=O) groups is 1. The number of hydrogen-bond acceptors (Lipinski definition) is 6. The highest BCUT2D eigenvalue weighted by Gasteiger charge is 2.24. The van der Waals surface area contributed by atoms with Crippen molar-refractivity contribution in [2.75, 3.05) is 49.5 Å². The minimum atomic E-state index is -0.217. The van der Waals surface area contributed by atoms with E-state index in [1.807, 2.05) is 42.5 Å². The Hall–Kier alpha value is -3.03. The first-order valence-corrected chi connectivity index (χ1v) is 10.6. The summed E-state index contributed by atoms with van der Waals surface area (Å²) in [4.78, 5) is 23.9. The van der Waals surface area contributed by atoms with Crippen molar-refractivity contribution < 1.29 is 4.79 Å². The summed E-state index contributed by atoms with van der Waals surface area (Å²) < 4.78 is 0. The molecule has 2 fully saturated rings. The van der Waals surface area contributed by atoms with E-state index in [0.29, 0.717) is 11.4 Å². The third-order valence-corrected chi connectivity index (χ3v) is 5.96. The number of amides is 1. The van der Waals surface area contributed by atoms with Gasteiger partial charge in [0.15, 0.2) is 0 Å². The summed E-state index contributed by atoms with van der Waals surface area (Å²) in [6.07, 6.45) is 6.06. The first-order valence-electron chi connectivity index (χ1n) is 10.6. The molecule has 2 aliphatic heterocycles. The molecule has 7 heteroatoms. The molecule has 30 heavy (non-hydrogen) atoms. The summed E-state index contributed by atoms with van der Waals surface area (Å²) in [6, 6.07) is 13.5. The SMILES string of the molecule is O=C(Nc1cccc2cccnc12)c1cc(N2CCN(N3CCCC3)CC2)ccn1. The van der Waals surface area contributed by atoms with E-state index in [1.165, 1.54) is 25.9 Å². The first kappa shape index (κ1) is 19.0. The van der Waals surface area contributed by atoms with Crippen LogP contribution in [0.15, 0.2) is 54.9 Å². The molecule has 0 saturated carbocycles. The van der Waals surface area contributed by atoms with E-state index < -0.39 is 0 Å². The quantitative estimate of drug-likeness (QED) is 0.724. The fraction of sp³-hybridized carbons (Fsp3) is 0.348. The lowest BCUT2D eigenvalue weighted by Gasteiger charge is -2.40. The van der Waals surface area contributed by atoms with Gasteiger partial charge in [0.05, 0.1) is 11.2 Å². The number of fused-ring (bicyclic) bond motifs is 1. The van der Waals surface area contributed by atoms with E-state index in [9.17, 15) is 4.79 Å². The lowest BCUT2D eigenvalue weighted by atomic mass is 10.2. The van der Waals surface area contributed by atoms with Crippen LogP contribution in [-0.4, -0.2) is 65.2 Å². The Morgan fingerprint density at radius 1 is 0.833 bits per heavy atom. The van der Waals surface area contributed by atoms with Crippen LogP contribution in [0.25, 0.3) is 10.9 Å². The summed E-state index contributed by atoms with van der Waals surface area (Å²) in [5, 5.41) is 8.94. The maximum atomic E-state index is 12.9. The average Bonchev–Trinajstić information content (AvgIpc) is 3.35. The fourth-order valence-electron chi connectivity index (χ4n) is 4.35. The van der Waals surface area contributed by atoms with Gasteiger partial charge in [0.1, 0.15) is 5.69 Å². The molecule has 3 aromatic rings. The molecule has 5 rings (SSSR count). The van der Waals surface area contributed by atoms with Crippen molar-refractivity contribution in [3.63, 3.8) is 0 Å². The van der Waals surface area contributed by atoms with Gasteiger partial charge >= 0.3 is 0 Å². The number of benzene rings is 1. The molecule has 1 amide bonds. The highest BCUT2D eigenvalue weighted by molar-refractivity contribution is 6.07. The summed E-state index contributed by atoms with van der Waals surface area (Å²) in [6.45, 7) is 6.31. The van der Waals surface area contributed by atoms with Gasteiger partial charge in [-0.15, -0.1) is 0 Å². The van der Waals surface area contributed by atoms with Gasteiger partial charge in [-0.2, -0.15) is 0 Å². The molecule has 0 unspecified atom stereocenters. The topological polar surface area (TPSA) is 64.6 Å². The van der Waals surface area contributed by atoms with E-state index in [0.717, 1.165) is 42.8 Å². The van der Waals surface area contributed by atoms with E-state index in [4.69, 9.17) is 0 Å². The zero-order chi connectivity index (χ0) is 20.3. The second-order valence-electron chi connectivity index (χ2n) is 7.84. The molecule has 1 aromatic carbocycles. The van der Waals surface area contributed by atoms with Gasteiger partial charge in [-0.05, 0) is 37.1 Å². The second-order valence-corrected chi connectivity index (χ2v) is 7.84. The van der Waals surface area contributed by atoms with E-state index in [1.54, 1.807) is 12.4 Å². The van der Waals surface area contributed by atoms with Crippen LogP contribution in [0.1, 0.15) is 23.3 Å². The summed E-state index contributed by atoms with van der Waals surface area (Å²) >= 11 is 0. The molecule has 0 radical (unpaired) electrons. The van der Waals surface area contributed by atoms with Crippen molar-refractivity contribution >= 4 is 28.2 Å². The zero-order valence-electron chi connectivity index (χ0n) is 17.0. The van der Waals surface area contributed by atoms with Gasteiger partial charge < -0.3 is 10.2 Å². The highest BCUT2D eigenvalue weighted by atomic mass is 16.1. The molecule has 0 aliphatic carbocycles. The van der Waals surface area contributed by atoms with Gasteiger partial charge in [-0.25, -0.2) is 10.0 Å². The standard InChI is InChI=1S/C23H26N6O/c30-23(26-20-7-3-5-18-6-4-9-25-22(18)20)21-17-19(8-10-24-21)27-13-15-29(16-14-27)28-11-1-2-12-28/h3-10,17H,1-2,11-16H2,(H,26,30).